The van der Waals surface area contributed by atoms with Gasteiger partial charge in [0.2, 0.25) is 5.95 Å². The van der Waals surface area contributed by atoms with E-state index < -0.39 is 0 Å². The van der Waals surface area contributed by atoms with E-state index in [0.29, 0.717) is 30.5 Å². The van der Waals surface area contributed by atoms with Crippen molar-refractivity contribution in [2.24, 2.45) is 0 Å². The number of hydrogen-bond acceptors (Lipinski definition) is 7. The number of aromatic nitrogens is 4. The van der Waals surface area contributed by atoms with Crippen molar-refractivity contribution in [1.82, 2.24) is 30.2 Å². The van der Waals surface area contributed by atoms with Gasteiger partial charge in [0.1, 0.15) is 17.2 Å². The third-order valence-corrected chi connectivity index (χ3v) is 5.18. The molecule has 5 heterocycles. The molecule has 2 aliphatic rings. The molecule has 0 unspecified atom stereocenters. The van der Waals surface area contributed by atoms with Crippen LogP contribution in [0.15, 0.2) is 30.6 Å². The van der Waals surface area contributed by atoms with Gasteiger partial charge in [-0.1, -0.05) is 0 Å². The summed E-state index contributed by atoms with van der Waals surface area (Å²) in [6.07, 6.45) is 4.75. The van der Waals surface area contributed by atoms with Crippen LogP contribution < -0.4 is 20.9 Å². The van der Waals surface area contributed by atoms with Crippen molar-refractivity contribution in [3.8, 4) is 0 Å². The molecule has 9 heteroatoms. The van der Waals surface area contributed by atoms with Crippen LogP contribution >= 0.6 is 0 Å². The zero-order valence-electron chi connectivity index (χ0n) is 15.5. The first kappa shape index (κ1) is 16.9. The summed E-state index contributed by atoms with van der Waals surface area (Å²) in [6, 6.07) is 5.85. The highest BCUT2D eigenvalue weighted by molar-refractivity contribution is 5.98. The zero-order valence-corrected chi connectivity index (χ0v) is 15.5. The number of carbonyl (C=O) groups excluding carboxylic acids is 1. The van der Waals surface area contributed by atoms with Crippen LogP contribution in [0.25, 0.3) is 11.0 Å². The minimum absolute atomic E-state index is 0.0697. The van der Waals surface area contributed by atoms with Gasteiger partial charge in [-0.3, -0.25) is 4.79 Å². The van der Waals surface area contributed by atoms with Crippen LogP contribution in [0.4, 0.5) is 17.5 Å². The number of carbonyl (C=O) groups is 1. The largest absolute Gasteiger partial charge is 0.369 e. The van der Waals surface area contributed by atoms with E-state index in [-0.39, 0.29) is 5.91 Å². The Hall–Kier alpha value is -3.20. The summed E-state index contributed by atoms with van der Waals surface area (Å²) in [5.74, 6) is 1.09. The van der Waals surface area contributed by atoms with Crippen molar-refractivity contribution in [3.63, 3.8) is 0 Å². The maximum Gasteiger partial charge on any atom is 0.268 e. The van der Waals surface area contributed by atoms with Crippen LogP contribution in [-0.2, 0) is 6.54 Å². The first-order valence-corrected chi connectivity index (χ1v) is 9.61. The Balaban J connectivity index is 1.37. The van der Waals surface area contributed by atoms with E-state index >= 15 is 0 Å². The first-order valence-electron chi connectivity index (χ1n) is 9.61. The van der Waals surface area contributed by atoms with Crippen molar-refractivity contribution in [3.05, 3.63) is 36.3 Å². The van der Waals surface area contributed by atoms with Crippen LogP contribution in [0, 0.1) is 0 Å². The van der Waals surface area contributed by atoms with Gasteiger partial charge < -0.3 is 25.4 Å². The van der Waals surface area contributed by atoms with Crippen molar-refractivity contribution >= 4 is 34.4 Å². The molecule has 1 fully saturated rings. The number of nitrogens with one attached hydrogen (secondary N) is 3. The van der Waals surface area contributed by atoms with Gasteiger partial charge in [0.25, 0.3) is 5.91 Å². The maximum atomic E-state index is 12.0. The molecule has 5 rings (SSSR count). The summed E-state index contributed by atoms with van der Waals surface area (Å²) >= 11 is 0. The van der Waals surface area contributed by atoms with Crippen molar-refractivity contribution in [1.29, 1.82) is 0 Å². The lowest BCUT2D eigenvalue weighted by atomic mass is 10.3. The maximum absolute atomic E-state index is 12.0. The van der Waals surface area contributed by atoms with Gasteiger partial charge in [0, 0.05) is 44.3 Å². The van der Waals surface area contributed by atoms with Crippen LogP contribution in [-0.4, -0.2) is 58.1 Å². The number of amides is 1. The number of anilines is 3. The van der Waals surface area contributed by atoms with Crippen molar-refractivity contribution in [2.45, 2.75) is 13.0 Å². The summed E-state index contributed by atoms with van der Waals surface area (Å²) in [5.41, 5.74) is 2.51. The number of fused-ring (bicyclic) bond motifs is 3. The monoisotopic (exact) mass is 378 g/mol. The molecule has 0 bridgehead atoms. The Morgan fingerprint density at radius 1 is 1.04 bits per heavy atom. The molecule has 1 amide bonds. The number of hydrogen-bond donors (Lipinski definition) is 3. The third-order valence-electron chi connectivity index (χ3n) is 5.18. The average Bonchev–Trinajstić information content (AvgIpc) is 2.89. The molecule has 144 valence electrons. The average molecular weight is 378 g/mol. The molecule has 9 nitrogen and oxygen atoms in total. The van der Waals surface area contributed by atoms with Gasteiger partial charge in [0.05, 0.1) is 11.9 Å². The smallest absolute Gasteiger partial charge is 0.268 e. The van der Waals surface area contributed by atoms with E-state index in [1.54, 1.807) is 6.20 Å². The minimum atomic E-state index is -0.0697. The van der Waals surface area contributed by atoms with Crippen molar-refractivity contribution < 1.29 is 4.79 Å². The summed E-state index contributed by atoms with van der Waals surface area (Å²) in [4.78, 5) is 27.8. The fourth-order valence-corrected chi connectivity index (χ4v) is 3.75. The normalized spacial score (nSPS) is 17.1. The Labute approximate surface area is 162 Å². The number of pyridine rings is 1. The highest BCUT2D eigenvalue weighted by Crippen LogP contribution is 2.22. The summed E-state index contributed by atoms with van der Waals surface area (Å²) < 4.78 is 1.94. The Kier molecular flexibility index (Phi) is 4.28. The van der Waals surface area contributed by atoms with E-state index in [4.69, 9.17) is 0 Å². The Morgan fingerprint density at radius 3 is 2.89 bits per heavy atom. The SMILES string of the molecule is O=C1NCCn2c1cc1cnc(Nc3ccc(N4CCCNCC4)cn3)nc12. The predicted molar refractivity (Wildman–Crippen MR) is 107 cm³/mol. The third kappa shape index (κ3) is 3.13. The second kappa shape index (κ2) is 7.08. The molecule has 0 spiro atoms. The molecule has 1 saturated heterocycles. The fraction of sp³-hybridized carbons (Fsp3) is 0.368. The fourth-order valence-electron chi connectivity index (χ4n) is 3.75. The van der Waals surface area contributed by atoms with Gasteiger partial charge in [-0.2, -0.15) is 4.98 Å². The number of rotatable bonds is 3. The molecule has 0 aromatic carbocycles. The molecule has 2 aliphatic heterocycles. The standard InChI is InChI=1S/C19H22N8O/c28-18-15-10-13-11-23-19(25-17(13)27(15)9-6-21-18)24-16-3-2-14(12-22-16)26-7-1-4-20-5-8-26/h2-3,10-12,20H,1,4-9H2,(H,21,28)(H,22,23,24,25). The van der Waals surface area contributed by atoms with Gasteiger partial charge >= 0.3 is 0 Å². The van der Waals surface area contributed by atoms with Gasteiger partial charge in [-0.25, -0.2) is 9.97 Å². The van der Waals surface area contributed by atoms with Crippen LogP contribution in [0.1, 0.15) is 16.9 Å². The quantitative estimate of drug-likeness (QED) is 0.628. The topological polar surface area (TPSA) is 100 Å². The minimum Gasteiger partial charge on any atom is -0.369 e. The second-order valence-corrected chi connectivity index (χ2v) is 7.03. The summed E-state index contributed by atoms with van der Waals surface area (Å²) in [6.45, 7) is 5.40. The zero-order chi connectivity index (χ0) is 18.9. The summed E-state index contributed by atoms with van der Waals surface area (Å²) in [5, 5.41) is 10.3. The molecule has 0 atom stereocenters. The highest BCUT2D eigenvalue weighted by atomic mass is 16.2. The summed E-state index contributed by atoms with van der Waals surface area (Å²) in [7, 11) is 0. The Morgan fingerprint density at radius 2 is 2.00 bits per heavy atom. The lowest BCUT2D eigenvalue weighted by Gasteiger charge is -2.21. The van der Waals surface area contributed by atoms with E-state index in [1.807, 2.05) is 22.9 Å². The number of nitrogens with zero attached hydrogens (tertiary/aromatic N) is 5. The highest BCUT2D eigenvalue weighted by Gasteiger charge is 2.20. The molecule has 28 heavy (non-hydrogen) atoms. The van der Waals surface area contributed by atoms with E-state index in [0.717, 1.165) is 49.3 Å². The van der Waals surface area contributed by atoms with Gasteiger partial charge in [0.15, 0.2) is 0 Å². The second-order valence-electron chi connectivity index (χ2n) is 7.03. The lowest BCUT2D eigenvalue weighted by Crippen LogP contribution is -2.34. The van der Waals surface area contributed by atoms with Gasteiger partial charge in [-0.15, -0.1) is 0 Å². The van der Waals surface area contributed by atoms with Crippen LogP contribution in [0.5, 0.6) is 0 Å². The van der Waals surface area contributed by atoms with Crippen LogP contribution in [0.3, 0.4) is 0 Å². The van der Waals surface area contributed by atoms with Crippen LogP contribution in [0.2, 0.25) is 0 Å². The lowest BCUT2D eigenvalue weighted by molar-refractivity contribution is 0.0929. The molecule has 0 aliphatic carbocycles. The molecular weight excluding hydrogens is 356 g/mol. The van der Waals surface area contributed by atoms with Crippen molar-refractivity contribution in [2.75, 3.05) is 42.9 Å². The molecule has 3 N–H and O–H groups in total. The molecular formula is C19H22N8O. The van der Waals surface area contributed by atoms with E-state index in [9.17, 15) is 4.79 Å². The molecule has 3 aromatic heterocycles. The van der Waals surface area contributed by atoms with E-state index in [1.165, 1.54) is 0 Å². The molecule has 0 radical (unpaired) electrons. The predicted octanol–water partition coefficient (Wildman–Crippen LogP) is 1.11. The van der Waals surface area contributed by atoms with Gasteiger partial charge in [-0.05, 0) is 31.2 Å². The Bertz CT molecular complexity index is 1000. The first-order chi connectivity index (χ1) is 13.8. The molecule has 3 aromatic rings. The molecule has 0 saturated carbocycles. The van der Waals surface area contributed by atoms with E-state index in [2.05, 4.69) is 41.9 Å².